The van der Waals surface area contributed by atoms with Gasteiger partial charge in [0.1, 0.15) is 11.9 Å². The van der Waals surface area contributed by atoms with Crippen LogP contribution in [0.1, 0.15) is 29.6 Å². The summed E-state index contributed by atoms with van der Waals surface area (Å²) in [5.74, 6) is -0.660. The van der Waals surface area contributed by atoms with Gasteiger partial charge in [-0.3, -0.25) is 0 Å². The zero-order valence-corrected chi connectivity index (χ0v) is 16.6. The first-order valence-electron chi connectivity index (χ1n) is 8.65. The second-order valence-electron chi connectivity index (χ2n) is 6.43. The van der Waals surface area contributed by atoms with Crippen LogP contribution in [0.2, 0.25) is 5.02 Å². The Kier molecular flexibility index (Phi) is 6.45. The topological polar surface area (TPSA) is 35.5 Å². The molecule has 150 valence electrons. The van der Waals surface area contributed by atoms with Gasteiger partial charge in [-0.15, -0.1) is 11.8 Å². The lowest BCUT2D eigenvalue weighted by Gasteiger charge is -2.25. The molecule has 0 aliphatic heterocycles. The molecule has 0 atom stereocenters. The number of benzene rings is 2. The van der Waals surface area contributed by atoms with Crippen LogP contribution in [0.15, 0.2) is 41.3 Å². The maximum absolute atomic E-state index is 12.7. The first-order valence-corrected chi connectivity index (χ1v) is 10.3. The van der Waals surface area contributed by atoms with Crippen LogP contribution in [-0.2, 0) is 4.74 Å². The highest BCUT2D eigenvalue weighted by molar-refractivity contribution is 7.98. The number of rotatable bonds is 6. The molecule has 28 heavy (non-hydrogen) atoms. The SMILES string of the molecule is CSc1ccc(-c2cc(C(=O)OC3CCC3)cc(Cl)c2OCC(F)(F)F)cc1. The highest BCUT2D eigenvalue weighted by Gasteiger charge is 2.30. The molecule has 3 nitrogen and oxygen atoms in total. The van der Waals surface area contributed by atoms with Gasteiger partial charge in [0, 0.05) is 10.5 Å². The Hall–Kier alpha value is -1.86. The van der Waals surface area contributed by atoms with Gasteiger partial charge in [-0.1, -0.05) is 23.7 Å². The van der Waals surface area contributed by atoms with Crippen molar-refractivity contribution < 1.29 is 27.4 Å². The van der Waals surface area contributed by atoms with Crippen LogP contribution in [0.4, 0.5) is 13.2 Å². The maximum Gasteiger partial charge on any atom is 0.422 e. The van der Waals surface area contributed by atoms with Crippen molar-refractivity contribution in [3.63, 3.8) is 0 Å². The van der Waals surface area contributed by atoms with Gasteiger partial charge in [0.25, 0.3) is 0 Å². The van der Waals surface area contributed by atoms with Crippen molar-refractivity contribution in [2.45, 2.75) is 36.4 Å². The van der Waals surface area contributed by atoms with E-state index >= 15 is 0 Å². The number of halogens is 4. The molecular formula is C20H18ClF3O3S. The number of hydrogen-bond donors (Lipinski definition) is 0. The number of carbonyl (C=O) groups is 1. The average Bonchev–Trinajstić information content (AvgIpc) is 2.62. The second kappa shape index (κ2) is 8.66. The number of ether oxygens (including phenoxy) is 2. The molecule has 1 fully saturated rings. The summed E-state index contributed by atoms with van der Waals surface area (Å²) in [4.78, 5) is 13.4. The van der Waals surface area contributed by atoms with Crippen molar-refractivity contribution in [1.29, 1.82) is 0 Å². The minimum atomic E-state index is -4.51. The third kappa shape index (κ3) is 5.14. The molecule has 0 radical (unpaired) electrons. The van der Waals surface area contributed by atoms with Crippen molar-refractivity contribution >= 4 is 29.3 Å². The number of thioether (sulfide) groups is 1. The van der Waals surface area contributed by atoms with Gasteiger partial charge in [0.15, 0.2) is 6.61 Å². The van der Waals surface area contributed by atoms with E-state index < -0.39 is 18.8 Å². The monoisotopic (exact) mass is 430 g/mol. The summed E-state index contributed by atoms with van der Waals surface area (Å²) in [5, 5.41) is -0.0729. The van der Waals surface area contributed by atoms with Crippen LogP contribution in [0.25, 0.3) is 11.1 Å². The molecule has 0 saturated heterocycles. The fourth-order valence-corrected chi connectivity index (χ4v) is 3.39. The van der Waals surface area contributed by atoms with Crippen LogP contribution >= 0.6 is 23.4 Å². The summed E-state index contributed by atoms with van der Waals surface area (Å²) in [6.07, 6.45) is -0.0661. The normalized spacial score (nSPS) is 14.5. The van der Waals surface area contributed by atoms with Gasteiger partial charge in [-0.05, 0) is 55.3 Å². The highest BCUT2D eigenvalue weighted by atomic mass is 35.5. The van der Waals surface area contributed by atoms with Crippen LogP contribution < -0.4 is 4.74 Å². The molecule has 2 aromatic carbocycles. The number of carbonyl (C=O) groups excluding carboxylic acids is 1. The standard InChI is InChI=1S/C20H18ClF3O3S/c1-28-15-7-5-12(6-8-15)16-9-13(19(25)27-14-3-2-4-14)10-17(21)18(16)26-11-20(22,23)24/h5-10,14H,2-4,11H2,1H3. The van der Waals surface area contributed by atoms with Crippen LogP contribution in [0.3, 0.4) is 0 Å². The molecule has 2 aromatic rings. The van der Waals surface area contributed by atoms with E-state index in [0.717, 1.165) is 24.2 Å². The smallest absolute Gasteiger partial charge is 0.422 e. The Labute approximate surface area is 170 Å². The molecule has 3 rings (SSSR count). The quantitative estimate of drug-likeness (QED) is 0.393. The van der Waals surface area contributed by atoms with Gasteiger partial charge >= 0.3 is 12.1 Å². The van der Waals surface area contributed by atoms with E-state index in [1.54, 1.807) is 12.1 Å². The zero-order chi connectivity index (χ0) is 20.3. The molecule has 0 bridgehead atoms. The first kappa shape index (κ1) is 20.9. The molecule has 0 heterocycles. The van der Waals surface area contributed by atoms with E-state index in [-0.39, 0.29) is 22.4 Å². The van der Waals surface area contributed by atoms with Crippen molar-refractivity contribution in [2.24, 2.45) is 0 Å². The zero-order valence-electron chi connectivity index (χ0n) is 15.0. The summed E-state index contributed by atoms with van der Waals surface area (Å²) in [7, 11) is 0. The number of hydrogen-bond acceptors (Lipinski definition) is 4. The van der Waals surface area contributed by atoms with Gasteiger partial charge in [0.05, 0.1) is 10.6 Å². The van der Waals surface area contributed by atoms with E-state index in [2.05, 4.69) is 0 Å². The molecule has 0 unspecified atom stereocenters. The van der Waals surface area contributed by atoms with Crippen LogP contribution in [0.5, 0.6) is 5.75 Å². The third-order valence-corrected chi connectivity index (χ3v) is 5.41. The van der Waals surface area contributed by atoms with Crippen molar-refractivity contribution in [1.82, 2.24) is 0 Å². The predicted octanol–water partition coefficient (Wildman–Crippen LogP) is 6.38. The summed E-state index contributed by atoms with van der Waals surface area (Å²) < 4.78 is 48.3. The lowest BCUT2D eigenvalue weighted by molar-refractivity contribution is -0.153. The Balaban J connectivity index is 1.98. The molecule has 0 aromatic heterocycles. The third-order valence-electron chi connectivity index (χ3n) is 4.39. The summed E-state index contributed by atoms with van der Waals surface area (Å²) in [6.45, 7) is -1.48. The predicted molar refractivity (Wildman–Crippen MR) is 103 cm³/mol. The molecule has 1 aliphatic carbocycles. The Morgan fingerprint density at radius 3 is 2.43 bits per heavy atom. The fourth-order valence-electron chi connectivity index (χ4n) is 2.71. The van der Waals surface area contributed by atoms with Crippen molar-refractivity contribution in [2.75, 3.05) is 12.9 Å². The number of alkyl halides is 3. The largest absolute Gasteiger partial charge is 0.482 e. The second-order valence-corrected chi connectivity index (χ2v) is 7.71. The molecule has 0 N–H and O–H groups in total. The highest BCUT2D eigenvalue weighted by Crippen LogP contribution is 2.39. The molecule has 1 saturated carbocycles. The van der Waals surface area contributed by atoms with Crippen LogP contribution in [-0.4, -0.2) is 31.1 Å². The van der Waals surface area contributed by atoms with E-state index in [1.165, 1.54) is 23.9 Å². The van der Waals surface area contributed by atoms with Gasteiger partial charge < -0.3 is 9.47 Å². The van der Waals surface area contributed by atoms with E-state index in [0.29, 0.717) is 11.1 Å². The molecular weight excluding hydrogens is 413 g/mol. The van der Waals surface area contributed by atoms with Gasteiger partial charge in [-0.2, -0.15) is 13.2 Å². The van der Waals surface area contributed by atoms with Crippen molar-refractivity contribution in [3.05, 3.63) is 47.0 Å². The average molecular weight is 431 g/mol. The molecule has 0 spiro atoms. The molecule has 0 amide bonds. The Bertz CT molecular complexity index is 849. The molecule has 1 aliphatic rings. The van der Waals surface area contributed by atoms with E-state index in [4.69, 9.17) is 21.1 Å². The minimum absolute atomic E-state index is 0.0729. The van der Waals surface area contributed by atoms with Crippen LogP contribution in [0, 0.1) is 0 Å². The summed E-state index contributed by atoms with van der Waals surface area (Å²) in [6, 6.07) is 9.92. The Morgan fingerprint density at radius 2 is 1.89 bits per heavy atom. The molecule has 8 heteroatoms. The fraction of sp³-hybridized carbons (Fsp3) is 0.350. The summed E-state index contributed by atoms with van der Waals surface area (Å²) >= 11 is 7.73. The van der Waals surface area contributed by atoms with Gasteiger partial charge in [-0.25, -0.2) is 4.79 Å². The lowest BCUT2D eigenvalue weighted by Crippen LogP contribution is -2.25. The van der Waals surface area contributed by atoms with Gasteiger partial charge in [0.2, 0.25) is 0 Å². The Morgan fingerprint density at radius 1 is 1.21 bits per heavy atom. The minimum Gasteiger partial charge on any atom is -0.482 e. The van der Waals surface area contributed by atoms with E-state index in [1.807, 2.05) is 18.4 Å². The van der Waals surface area contributed by atoms with Crippen molar-refractivity contribution in [3.8, 4) is 16.9 Å². The lowest BCUT2D eigenvalue weighted by atomic mass is 9.96. The summed E-state index contributed by atoms with van der Waals surface area (Å²) in [5.41, 5.74) is 1.08. The van der Waals surface area contributed by atoms with E-state index in [9.17, 15) is 18.0 Å². The number of esters is 1. The maximum atomic E-state index is 12.7. The first-order chi connectivity index (χ1) is 13.3.